The molecule has 0 fully saturated rings. The maximum Gasteiger partial charge on any atom is 0.258 e. The van der Waals surface area contributed by atoms with E-state index < -0.39 is 0 Å². The molecule has 0 unspecified atom stereocenters. The second-order valence-corrected chi connectivity index (χ2v) is 4.92. The fourth-order valence-electron chi connectivity index (χ4n) is 2.36. The lowest BCUT2D eigenvalue weighted by Crippen LogP contribution is -1.82. The van der Waals surface area contributed by atoms with E-state index in [1.165, 1.54) is 0 Å². The van der Waals surface area contributed by atoms with Crippen LogP contribution in [0, 0.1) is 12.3 Å². The Morgan fingerprint density at radius 3 is 2.64 bits per heavy atom. The van der Waals surface area contributed by atoms with Gasteiger partial charge in [0.15, 0.2) is 0 Å². The zero-order valence-corrected chi connectivity index (χ0v) is 11.6. The molecule has 0 saturated heterocycles. The molecular formula is C18H11N3O. The minimum Gasteiger partial charge on any atom is -0.361 e. The number of hydrogen-bond donors (Lipinski definition) is 1. The van der Waals surface area contributed by atoms with Crippen LogP contribution in [0.5, 0.6) is 0 Å². The number of aromatic nitrogens is 3. The Balaban J connectivity index is 1.72. The highest BCUT2D eigenvalue weighted by molar-refractivity contribution is 5.83. The highest BCUT2D eigenvalue weighted by atomic mass is 16.5. The number of aromatic amines is 1. The number of H-pyrrole nitrogens is 1. The van der Waals surface area contributed by atoms with Crippen molar-refractivity contribution in [2.45, 2.75) is 0 Å². The molecule has 22 heavy (non-hydrogen) atoms. The SMILES string of the molecule is C#Cc1ccc(-c2nc(-c3ccc4[nH]ccc4c3)no2)cc1. The molecule has 4 nitrogen and oxygen atoms in total. The van der Waals surface area contributed by atoms with Gasteiger partial charge in [0.05, 0.1) is 0 Å². The van der Waals surface area contributed by atoms with Crippen molar-refractivity contribution in [2.75, 3.05) is 0 Å². The van der Waals surface area contributed by atoms with E-state index in [1.807, 2.05) is 54.7 Å². The summed E-state index contributed by atoms with van der Waals surface area (Å²) in [6, 6.07) is 15.5. The molecule has 0 radical (unpaired) electrons. The number of rotatable bonds is 2. The number of nitrogens with one attached hydrogen (secondary N) is 1. The Hall–Kier alpha value is -3.32. The summed E-state index contributed by atoms with van der Waals surface area (Å²) < 4.78 is 5.35. The van der Waals surface area contributed by atoms with Crippen molar-refractivity contribution >= 4 is 10.9 Å². The Morgan fingerprint density at radius 2 is 1.82 bits per heavy atom. The van der Waals surface area contributed by atoms with Crippen LogP contribution in [0.2, 0.25) is 0 Å². The van der Waals surface area contributed by atoms with E-state index in [0.29, 0.717) is 11.7 Å². The molecule has 0 amide bonds. The van der Waals surface area contributed by atoms with E-state index in [1.54, 1.807) is 0 Å². The summed E-state index contributed by atoms with van der Waals surface area (Å²) in [6.07, 6.45) is 7.26. The van der Waals surface area contributed by atoms with Gasteiger partial charge in [-0.05, 0) is 48.5 Å². The first-order chi connectivity index (χ1) is 10.8. The van der Waals surface area contributed by atoms with Gasteiger partial charge in [0, 0.05) is 33.8 Å². The first kappa shape index (κ1) is 12.4. The van der Waals surface area contributed by atoms with Gasteiger partial charge in [-0.25, -0.2) is 0 Å². The van der Waals surface area contributed by atoms with Crippen molar-refractivity contribution in [3.8, 4) is 35.2 Å². The normalized spacial score (nSPS) is 10.7. The Kier molecular flexibility index (Phi) is 2.77. The second-order valence-electron chi connectivity index (χ2n) is 4.92. The van der Waals surface area contributed by atoms with Crippen LogP contribution in [0.4, 0.5) is 0 Å². The lowest BCUT2D eigenvalue weighted by atomic mass is 10.1. The van der Waals surface area contributed by atoms with Gasteiger partial charge in [-0.2, -0.15) is 4.98 Å². The largest absolute Gasteiger partial charge is 0.361 e. The van der Waals surface area contributed by atoms with Crippen LogP contribution in [0.1, 0.15) is 5.56 Å². The lowest BCUT2D eigenvalue weighted by molar-refractivity contribution is 0.432. The van der Waals surface area contributed by atoms with Crippen molar-refractivity contribution in [1.29, 1.82) is 0 Å². The summed E-state index contributed by atoms with van der Waals surface area (Å²) in [6.45, 7) is 0. The number of fused-ring (bicyclic) bond motifs is 1. The van der Waals surface area contributed by atoms with Crippen molar-refractivity contribution < 1.29 is 4.52 Å². The summed E-state index contributed by atoms with van der Waals surface area (Å²) in [7, 11) is 0. The van der Waals surface area contributed by atoms with Gasteiger partial charge in [-0.1, -0.05) is 11.1 Å². The molecular weight excluding hydrogens is 274 g/mol. The highest BCUT2D eigenvalue weighted by Crippen LogP contribution is 2.25. The molecule has 104 valence electrons. The minimum atomic E-state index is 0.479. The van der Waals surface area contributed by atoms with E-state index in [9.17, 15) is 0 Å². The van der Waals surface area contributed by atoms with Crippen LogP contribution in [0.3, 0.4) is 0 Å². The zero-order valence-electron chi connectivity index (χ0n) is 11.6. The van der Waals surface area contributed by atoms with E-state index in [-0.39, 0.29) is 0 Å². The third-order valence-electron chi connectivity index (χ3n) is 3.54. The number of terminal acetylenes is 1. The Bertz CT molecular complexity index is 987. The van der Waals surface area contributed by atoms with Crippen LogP contribution in [0.15, 0.2) is 59.3 Å². The van der Waals surface area contributed by atoms with E-state index in [0.717, 1.165) is 27.6 Å². The Morgan fingerprint density at radius 1 is 1.00 bits per heavy atom. The molecule has 0 aliphatic carbocycles. The fourth-order valence-corrected chi connectivity index (χ4v) is 2.36. The Labute approximate surface area is 126 Å². The predicted octanol–water partition coefficient (Wildman–Crippen LogP) is 3.87. The minimum absolute atomic E-state index is 0.479. The van der Waals surface area contributed by atoms with Crippen molar-refractivity contribution in [3.05, 3.63) is 60.3 Å². The van der Waals surface area contributed by atoms with Gasteiger partial charge < -0.3 is 9.51 Å². The molecule has 2 heterocycles. The molecule has 4 rings (SSSR count). The molecule has 0 aliphatic heterocycles. The van der Waals surface area contributed by atoms with Crippen molar-refractivity contribution in [1.82, 2.24) is 15.1 Å². The van der Waals surface area contributed by atoms with Crippen LogP contribution < -0.4 is 0 Å². The molecule has 0 spiro atoms. The van der Waals surface area contributed by atoms with Crippen LogP contribution in [0.25, 0.3) is 33.7 Å². The van der Waals surface area contributed by atoms with Gasteiger partial charge >= 0.3 is 0 Å². The summed E-state index contributed by atoms with van der Waals surface area (Å²) in [5.74, 6) is 3.63. The maximum atomic E-state index is 5.35. The van der Waals surface area contributed by atoms with E-state index in [4.69, 9.17) is 10.9 Å². The molecule has 2 aromatic carbocycles. The van der Waals surface area contributed by atoms with Gasteiger partial charge in [0.1, 0.15) is 0 Å². The lowest BCUT2D eigenvalue weighted by Gasteiger charge is -1.95. The second kappa shape index (κ2) is 4.90. The molecule has 2 aromatic heterocycles. The number of benzene rings is 2. The molecule has 0 saturated carbocycles. The van der Waals surface area contributed by atoms with Crippen LogP contribution in [-0.4, -0.2) is 15.1 Å². The van der Waals surface area contributed by atoms with Crippen LogP contribution in [-0.2, 0) is 0 Å². The first-order valence-corrected chi connectivity index (χ1v) is 6.82. The third kappa shape index (κ3) is 2.05. The molecule has 0 bridgehead atoms. The van der Waals surface area contributed by atoms with E-state index in [2.05, 4.69) is 21.0 Å². The van der Waals surface area contributed by atoms with Gasteiger partial charge in [-0.3, -0.25) is 0 Å². The summed E-state index contributed by atoms with van der Waals surface area (Å²) in [5, 5.41) is 5.17. The average molecular weight is 285 g/mol. The monoisotopic (exact) mass is 285 g/mol. The van der Waals surface area contributed by atoms with Crippen LogP contribution >= 0.6 is 0 Å². The molecule has 0 atom stereocenters. The first-order valence-electron chi connectivity index (χ1n) is 6.82. The third-order valence-corrected chi connectivity index (χ3v) is 3.54. The molecule has 1 N–H and O–H groups in total. The number of nitrogens with zero attached hydrogens (tertiary/aromatic N) is 2. The van der Waals surface area contributed by atoms with Crippen molar-refractivity contribution in [2.24, 2.45) is 0 Å². The van der Waals surface area contributed by atoms with E-state index >= 15 is 0 Å². The fraction of sp³-hybridized carbons (Fsp3) is 0. The van der Waals surface area contributed by atoms with Gasteiger partial charge in [-0.15, -0.1) is 6.42 Å². The quantitative estimate of drug-likeness (QED) is 0.569. The van der Waals surface area contributed by atoms with Gasteiger partial charge in [0.25, 0.3) is 5.89 Å². The molecule has 4 aromatic rings. The highest BCUT2D eigenvalue weighted by Gasteiger charge is 2.11. The van der Waals surface area contributed by atoms with Gasteiger partial charge in [0.2, 0.25) is 5.82 Å². The topological polar surface area (TPSA) is 54.7 Å². The van der Waals surface area contributed by atoms with Crippen molar-refractivity contribution in [3.63, 3.8) is 0 Å². The number of hydrogen-bond acceptors (Lipinski definition) is 3. The molecule has 4 heteroatoms. The summed E-state index contributed by atoms with van der Waals surface area (Å²) >= 11 is 0. The summed E-state index contributed by atoms with van der Waals surface area (Å²) in [5.41, 5.74) is 3.67. The molecule has 0 aliphatic rings. The zero-order chi connectivity index (χ0) is 14.9. The predicted molar refractivity (Wildman–Crippen MR) is 85.0 cm³/mol. The standard InChI is InChI=1S/C18H11N3O/c1-2-12-3-5-13(6-4-12)18-20-17(21-22-18)15-7-8-16-14(11-15)9-10-19-16/h1,3-11,19H. The maximum absolute atomic E-state index is 5.35. The average Bonchev–Trinajstić information content (AvgIpc) is 3.23. The summed E-state index contributed by atoms with van der Waals surface area (Å²) in [4.78, 5) is 7.62. The smallest absolute Gasteiger partial charge is 0.258 e.